The van der Waals surface area contributed by atoms with Crippen molar-refractivity contribution in [3.8, 4) is 11.5 Å². The molecule has 0 amide bonds. The van der Waals surface area contributed by atoms with E-state index in [1.165, 1.54) is 0 Å². The number of fused-ring (bicyclic) bond motifs is 1. The standard InChI is InChI=1S/C22H19NO4/c1-14(2)26-18-9-7-16(8-10-18)21-23-19(22(24)27-21)12-15-11-17-5-3-4-6-20(17)25-13-15/h3-12,14H,13H2,1-2H3. The third-order valence-corrected chi connectivity index (χ3v) is 4.07. The van der Waals surface area contributed by atoms with E-state index in [1.54, 1.807) is 6.08 Å². The van der Waals surface area contributed by atoms with E-state index < -0.39 is 5.97 Å². The first-order valence-corrected chi connectivity index (χ1v) is 8.80. The molecule has 136 valence electrons. The molecule has 0 saturated carbocycles. The molecular weight excluding hydrogens is 342 g/mol. The zero-order chi connectivity index (χ0) is 18.8. The maximum Gasteiger partial charge on any atom is 0.363 e. The Labute approximate surface area is 157 Å². The van der Waals surface area contributed by atoms with Crippen molar-refractivity contribution >= 4 is 17.9 Å². The van der Waals surface area contributed by atoms with Gasteiger partial charge >= 0.3 is 5.97 Å². The molecule has 0 fully saturated rings. The van der Waals surface area contributed by atoms with Gasteiger partial charge in [0.05, 0.1) is 6.10 Å². The summed E-state index contributed by atoms with van der Waals surface area (Å²) in [6.07, 6.45) is 3.80. The Kier molecular flexibility index (Phi) is 4.50. The van der Waals surface area contributed by atoms with E-state index in [2.05, 4.69) is 4.99 Å². The molecule has 5 nitrogen and oxygen atoms in total. The number of cyclic esters (lactones) is 1. The van der Waals surface area contributed by atoms with Gasteiger partial charge in [-0.3, -0.25) is 0 Å². The summed E-state index contributed by atoms with van der Waals surface area (Å²) in [6, 6.07) is 15.1. The Bertz CT molecular complexity index is 968. The molecule has 5 heteroatoms. The summed E-state index contributed by atoms with van der Waals surface area (Å²) in [6.45, 7) is 4.33. The number of para-hydroxylation sites is 1. The lowest BCUT2D eigenvalue weighted by atomic mass is 10.1. The molecule has 2 aromatic carbocycles. The van der Waals surface area contributed by atoms with Crippen LogP contribution in [0.2, 0.25) is 0 Å². The van der Waals surface area contributed by atoms with Crippen molar-refractivity contribution < 1.29 is 19.0 Å². The van der Waals surface area contributed by atoms with E-state index in [1.807, 2.05) is 68.5 Å². The Hall–Kier alpha value is -3.34. The molecule has 0 N–H and O–H groups in total. The SMILES string of the molecule is CC(C)Oc1ccc(C2=NC(=CC3=Cc4ccccc4OC3)C(=O)O2)cc1. The fraction of sp³-hybridized carbons (Fsp3) is 0.182. The van der Waals surface area contributed by atoms with Crippen molar-refractivity contribution in [1.29, 1.82) is 0 Å². The maximum atomic E-state index is 12.2. The van der Waals surface area contributed by atoms with Crippen LogP contribution in [0, 0.1) is 0 Å². The van der Waals surface area contributed by atoms with Crippen molar-refractivity contribution in [2.75, 3.05) is 6.61 Å². The van der Waals surface area contributed by atoms with Crippen molar-refractivity contribution in [3.05, 3.63) is 77.0 Å². The quantitative estimate of drug-likeness (QED) is 0.607. The minimum atomic E-state index is -0.465. The van der Waals surface area contributed by atoms with Gasteiger partial charge in [-0.1, -0.05) is 18.2 Å². The highest BCUT2D eigenvalue weighted by Gasteiger charge is 2.25. The number of rotatable bonds is 4. The highest BCUT2D eigenvalue weighted by Crippen LogP contribution is 2.28. The molecule has 0 radical (unpaired) electrons. The van der Waals surface area contributed by atoms with Crippen LogP contribution in [0.3, 0.4) is 0 Å². The zero-order valence-electron chi connectivity index (χ0n) is 15.1. The normalized spacial score (nSPS) is 17.1. The van der Waals surface area contributed by atoms with Crippen LogP contribution in [0.15, 0.2) is 70.9 Å². The van der Waals surface area contributed by atoms with Gasteiger partial charge < -0.3 is 14.2 Å². The van der Waals surface area contributed by atoms with Gasteiger partial charge in [0.2, 0.25) is 5.90 Å². The Balaban J connectivity index is 1.56. The number of carbonyl (C=O) groups excluding carboxylic acids is 1. The van der Waals surface area contributed by atoms with Gasteiger partial charge in [-0.15, -0.1) is 0 Å². The van der Waals surface area contributed by atoms with E-state index in [0.29, 0.717) is 12.5 Å². The van der Waals surface area contributed by atoms with Crippen LogP contribution >= 0.6 is 0 Å². The van der Waals surface area contributed by atoms with Gasteiger partial charge in [-0.25, -0.2) is 9.79 Å². The van der Waals surface area contributed by atoms with Gasteiger partial charge in [0.15, 0.2) is 5.70 Å². The molecule has 27 heavy (non-hydrogen) atoms. The van der Waals surface area contributed by atoms with Crippen molar-refractivity contribution in [2.45, 2.75) is 20.0 Å². The molecule has 0 saturated heterocycles. The van der Waals surface area contributed by atoms with Crippen molar-refractivity contribution in [1.82, 2.24) is 0 Å². The largest absolute Gasteiger partial charge is 0.491 e. The van der Waals surface area contributed by atoms with Crippen LogP contribution in [0.5, 0.6) is 11.5 Å². The first-order valence-electron chi connectivity index (χ1n) is 8.80. The maximum absolute atomic E-state index is 12.2. The van der Waals surface area contributed by atoms with Gasteiger partial charge in [0, 0.05) is 11.1 Å². The first kappa shape index (κ1) is 17.1. The van der Waals surface area contributed by atoms with Crippen LogP contribution in [0.4, 0.5) is 0 Å². The van der Waals surface area contributed by atoms with Gasteiger partial charge in [0.1, 0.15) is 18.1 Å². The molecule has 0 spiro atoms. The van der Waals surface area contributed by atoms with E-state index in [0.717, 1.165) is 28.2 Å². The second kappa shape index (κ2) is 7.11. The van der Waals surface area contributed by atoms with E-state index >= 15 is 0 Å². The average molecular weight is 361 g/mol. The molecule has 0 aliphatic carbocycles. The van der Waals surface area contributed by atoms with Crippen LogP contribution < -0.4 is 9.47 Å². The van der Waals surface area contributed by atoms with Crippen molar-refractivity contribution in [2.24, 2.45) is 4.99 Å². The summed E-state index contributed by atoms with van der Waals surface area (Å²) >= 11 is 0. The van der Waals surface area contributed by atoms with Crippen LogP contribution in [0.25, 0.3) is 6.08 Å². The Morgan fingerprint density at radius 1 is 1.11 bits per heavy atom. The average Bonchev–Trinajstić information content (AvgIpc) is 3.02. The number of esters is 1. The lowest BCUT2D eigenvalue weighted by Gasteiger charge is -2.15. The second-order valence-corrected chi connectivity index (χ2v) is 6.57. The smallest absolute Gasteiger partial charge is 0.363 e. The van der Waals surface area contributed by atoms with Gasteiger partial charge in [-0.2, -0.15) is 0 Å². The molecule has 4 rings (SSSR count). The third kappa shape index (κ3) is 3.77. The summed E-state index contributed by atoms with van der Waals surface area (Å²) in [7, 11) is 0. The number of nitrogens with zero attached hydrogens (tertiary/aromatic N) is 1. The van der Waals surface area contributed by atoms with Gasteiger partial charge in [-0.05, 0) is 61.9 Å². The number of benzene rings is 2. The molecule has 2 heterocycles. The molecule has 0 aromatic heterocycles. The van der Waals surface area contributed by atoms with E-state index in [-0.39, 0.29) is 11.8 Å². The number of hydrogen-bond acceptors (Lipinski definition) is 5. The number of aliphatic imine (C=N–C) groups is 1. The van der Waals surface area contributed by atoms with Crippen molar-refractivity contribution in [3.63, 3.8) is 0 Å². The highest BCUT2D eigenvalue weighted by atomic mass is 16.6. The summed E-state index contributed by atoms with van der Waals surface area (Å²) in [5, 5.41) is 0. The molecule has 0 unspecified atom stereocenters. The van der Waals surface area contributed by atoms with E-state index in [4.69, 9.17) is 14.2 Å². The van der Waals surface area contributed by atoms with Crippen LogP contribution in [0.1, 0.15) is 25.0 Å². The lowest BCUT2D eigenvalue weighted by Crippen LogP contribution is -2.08. The summed E-state index contributed by atoms with van der Waals surface area (Å²) in [4.78, 5) is 16.5. The molecule has 2 aromatic rings. The topological polar surface area (TPSA) is 57.1 Å². The Morgan fingerprint density at radius 2 is 1.89 bits per heavy atom. The molecule has 0 bridgehead atoms. The zero-order valence-corrected chi connectivity index (χ0v) is 15.1. The van der Waals surface area contributed by atoms with Crippen LogP contribution in [-0.2, 0) is 9.53 Å². The highest BCUT2D eigenvalue weighted by molar-refractivity contribution is 6.11. The fourth-order valence-electron chi connectivity index (χ4n) is 2.87. The van der Waals surface area contributed by atoms with E-state index in [9.17, 15) is 4.79 Å². The fourth-order valence-corrected chi connectivity index (χ4v) is 2.87. The minimum Gasteiger partial charge on any atom is -0.491 e. The molecular formula is C22H19NO4. The second-order valence-electron chi connectivity index (χ2n) is 6.57. The predicted molar refractivity (Wildman–Crippen MR) is 103 cm³/mol. The third-order valence-electron chi connectivity index (χ3n) is 4.07. The molecule has 2 aliphatic rings. The Morgan fingerprint density at radius 3 is 2.67 bits per heavy atom. The first-order chi connectivity index (χ1) is 13.1. The number of carbonyl (C=O) groups is 1. The predicted octanol–water partition coefficient (Wildman–Crippen LogP) is 4.14. The number of hydrogen-bond donors (Lipinski definition) is 0. The molecule has 0 atom stereocenters. The molecule has 2 aliphatic heterocycles. The van der Waals surface area contributed by atoms with Gasteiger partial charge in [0.25, 0.3) is 0 Å². The summed E-state index contributed by atoms with van der Waals surface area (Å²) < 4.78 is 16.7. The number of ether oxygens (including phenoxy) is 3. The monoisotopic (exact) mass is 361 g/mol. The minimum absolute atomic E-state index is 0.100. The van der Waals surface area contributed by atoms with Crippen LogP contribution in [-0.4, -0.2) is 24.6 Å². The summed E-state index contributed by atoms with van der Waals surface area (Å²) in [5.74, 6) is 1.42. The lowest BCUT2D eigenvalue weighted by molar-refractivity contribution is -0.130. The summed E-state index contributed by atoms with van der Waals surface area (Å²) in [5.41, 5.74) is 2.84.